The van der Waals surface area contributed by atoms with Gasteiger partial charge in [0.15, 0.2) is 4.60 Å². The van der Waals surface area contributed by atoms with Gasteiger partial charge in [-0.15, -0.1) is 0 Å². The van der Waals surface area contributed by atoms with E-state index in [9.17, 15) is 19.7 Å². The van der Waals surface area contributed by atoms with Crippen LogP contribution in [0.3, 0.4) is 0 Å². The Morgan fingerprint density at radius 1 is 1.43 bits per heavy atom. The highest BCUT2D eigenvalue weighted by atomic mass is 79.9. The number of nitrogens with zero attached hydrogens (tertiary/aromatic N) is 2. The van der Waals surface area contributed by atoms with Crippen LogP contribution in [-0.2, 0) is 9.47 Å². The van der Waals surface area contributed by atoms with E-state index in [1.807, 2.05) is 0 Å². The van der Waals surface area contributed by atoms with Crippen molar-refractivity contribution in [3.8, 4) is 0 Å². The number of carbonyl (C=O) groups excluding carboxylic acids is 2. The van der Waals surface area contributed by atoms with Crippen LogP contribution in [0.1, 0.15) is 38.2 Å². The summed E-state index contributed by atoms with van der Waals surface area (Å²) in [4.78, 5) is 34.2. The van der Waals surface area contributed by atoms with Gasteiger partial charge in [-0.05, 0) is 43.6 Å². The first-order valence-electron chi connectivity index (χ1n) is 6.04. The fourth-order valence-corrected chi connectivity index (χ4v) is 2.04. The molecule has 8 nitrogen and oxygen atoms in total. The second-order valence-corrected chi connectivity index (χ2v) is 5.75. The predicted molar refractivity (Wildman–Crippen MR) is 76.4 cm³/mol. The highest BCUT2D eigenvalue weighted by molar-refractivity contribution is 9.10. The summed E-state index contributed by atoms with van der Waals surface area (Å²) in [6.07, 6.45) is -0.912. The fourth-order valence-electron chi connectivity index (χ4n) is 1.44. The molecule has 116 valence electrons. The molecule has 0 saturated heterocycles. The molecule has 0 saturated carbocycles. The van der Waals surface area contributed by atoms with E-state index in [0.29, 0.717) is 0 Å². The molecule has 0 aliphatic carbocycles. The normalized spacial score (nSPS) is 11.1. The second kappa shape index (κ2) is 6.25. The van der Waals surface area contributed by atoms with Gasteiger partial charge in [-0.25, -0.2) is 14.2 Å². The molecule has 0 N–H and O–H groups in total. The molecular weight excluding hydrogens is 348 g/mol. The van der Waals surface area contributed by atoms with Crippen molar-refractivity contribution < 1.29 is 24.0 Å². The standard InChI is InChI=1S/C12H15BrN2O6/c1-5-20-10(16)8-6-7(15(18)19)9(13)14(8)11(17)21-12(2,3)4/h6H,5H2,1-4H3. The molecule has 0 radical (unpaired) electrons. The molecule has 0 amide bonds. The van der Waals surface area contributed by atoms with Crippen molar-refractivity contribution in [3.63, 3.8) is 0 Å². The summed E-state index contributed by atoms with van der Waals surface area (Å²) in [5.74, 6) is -0.850. The molecule has 0 bridgehead atoms. The number of rotatable bonds is 3. The number of hydrogen-bond acceptors (Lipinski definition) is 6. The summed E-state index contributed by atoms with van der Waals surface area (Å²) in [6, 6.07) is 0.964. The Morgan fingerprint density at radius 3 is 2.43 bits per heavy atom. The average molecular weight is 363 g/mol. The van der Waals surface area contributed by atoms with E-state index in [0.717, 1.165) is 10.6 Å². The smallest absolute Gasteiger partial charge is 0.420 e. The number of aromatic nitrogens is 1. The van der Waals surface area contributed by atoms with Gasteiger partial charge in [0, 0.05) is 0 Å². The van der Waals surface area contributed by atoms with Crippen LogP contribution in [0.4, 0.5) is 10.5 Å². The molecule has 0 aliphatic heterocycles. The van der Waals surface area contributed by atoms with Crippen molar-refractivity contribution in [2.45, 2.75) is 33.3 Å². The van der Waals surface area contributed by atoms with Crippen LogP contribution in [0.2, 0.25) is 0 Å². The van der Waals surface area contributed by atoms with Gasteiger partial charge in [0.1, 0.15) is 11.3 Å². The van der Waals surface area contributed by atoms with Crippen LogP contribution in [0.5, 0.6) is 0 Å². The maximum atomic E-state index is 12.1. The van der Waals surface area contributed by atoms with Crippen LogP contribution in [0.25, 0.3) is 0 Å². The van der Waals surface area contributed by atoms with Crippen LogP contribution in [-0.4, -0.2) is 33.8 Å². The Morgan fingerprint density at radius 2 is 2.00 bits per heavy atom. The van der Waals surface area contributed by atoms with Crippen LogP contribution < -0.4 is 0 Å². The second-order valence-electron chi connectivity index (χ2n) is 5.00. The summed E-state index contributed by atoms with van der Waals surface area (Å²) in [5, 5.41) is 10.9. The summed E-state index contributed by atoms with van der Waals surface area (Å²) in [5.41, 5.74) is -1.52. The minimum Gasteiger partial charge on any atom is -0.461 e. The zero-order valence-electron chi connectivity index (χ0n) is 12.0. The molecular formula is C12H15BrN2O6. The lowest BCUT2D eigenvalue weighted by Crippen LogP contribution is -2.29. The first kappa shape index (κ1) is 17.2. The molecule has 0 unspecified atom stereocenters. The first-order chi connectivity index (χ1) is 9.58. The van der Waals surface area contributed by atoms with Gasteiger partial charge < -0.3 is 9.47 Å². The van der Waals surface area contributed by atoms with Gasteiger partial charge in [-0.2, -0.15) is 0 Å². The molecule has 1 aromatic rings. The molecule has 0 spiro atoms. The number of esters is 1. The topological polar surface area (TPSA) is 101 Å². The molecule has 1 rings (SSSR count). The average Bonchev–Trinajstić information content (AvgIpc) is 2.65. The van der Waals surface area contributed by atoms with Crippen molar-refractivity contribution in [3.05, 3.63) is 26.5 Å². The van der Waals surface area contributed by atoms with Crippen molar-refractivity contribution in [2.24, 2.45) is 0 Å². The van der Waals surface area contributed by atoms with Crippen molar-refractivity contribution in [1.82, 2.24) is 4.57 Å². The third-order valence-electron chi connectivity index (χ3n) is 2.18. The minimum absolute atomic E-state index is 0.0732. The SMILES string of the molecule is CCOC(=O)c1cc([N+](=O)[O-])c(Br)n1C(=O)OC(C)(C)C. The van der Waals surface area contributed by atoms with Crippen LogP contribution >= 0.6 is 15.9 Å². The van der Waals surface area contributed by atoms with E-state index >= 15 is 0 Å². The third-order valence-corrected chi connectivity index (χ3v) is 2.94. The summed E-state index contributed by atoms with van der Waals surface area (Å²) < 4.78 is 10.5. The highest BCUT2D eigenvalue weighted by Crippen LogP contribution is 2.30. The molecule has 1 aromatic heterocycles. The summed E-state index contributed by atoms with van der Waals surface area (Å²) in [7, 11) is 0. The van der Waals surface area contributed by atoms with E-state index in [-0.39, 0.29) is 16.9 Å². The van der Waals surface area contributed by atoms with E-state index in [1.54, 1.807) is 27.7 Å². The molecule has 21 heavy (non-hydrogen) atoms. The highest BCUT2D eigenvalue weighted by Gasteiger charge is 2.32. The number of ether oxygens (including phenoxy) is 2. The van der Waals surface area contributed by atoms with Crippen molar-refractivity contribution >= 4 is 33.7 Å². The van der Waals surface area contributed by atoms with Gasteiger partial charge >= 0.3 is 17.7 Å². The Labute approximate surface area is 129 Å². The number of halogens is 1. The van der Waals surface area contributed by atoms with E-state index < -0.39 is 28.3 Å². The Balaban J connectivity index is 3.36. The predicted octanol–water partition coefficient (Wildman–Crippen LogP) is 3.12. The Kier molecular flexibility index (Phi) is 5.10. The molecule has 0 atom stereocenters. The lowest BCUT2D eigenvalue weighted by atomic mass is 10.2. The molecule has 0 aliphatic rings. The van der Waals surface area contributed by atoms with E-state index in [1.165, 1.54) is 0 Å². The minimum atomic E-state index is -0.912. The van der Waals surface area contributed by atoms with E-state index in [4.69, 9.17) is 9.47 Å². The number of hydrogen-bond donors (Lipinski definition) is 0. The quantitative estimate of drug-likeness (QED) is 0.465. The number of nitro groups is 1. The van der Waals surface area contributed by atoms with Gasteiger partial charge in [0.2, 0.25) is 0 Å². The first-order valence-corrected chi connectivity index (χ1v) is 6.84. The van der Waals surface area contributed by atoms with Gasteiger partial charge in [-0.1, -0.05) is 0 Å². The van der Waals surface area contributed by atoms with E-state index in [2.05, 4.69) is 15.9 Å². The molecule has 0 aromatic carbocycles. The number of carbonyl (C=O) groups is 2. The molecule has 0 fully saturated rings. The van der Waals surface area contributed by atoms with Crippen molar-refractivity contribution in [2.75, 3.05) is 6.61 Å². The third kappa shape index (κ3) is 4.03. The van der Waals surface area contributed by atoms with Crippen LogP contribution in [0.15, 0.2) is 10.7 Å². The monoisotopic (exact) mass is 362 g/mol. The van der Waals surface area contributed by atoms with Gasteiger partial charge in [0.05, 0.1) is 17.6 Å². The van der Waals surface area contributed by atoms with Crippen LogP contribution in [0, 0.1) is 10.1 Å². The molecule has 1 heterocycles. The molecule has 9 heteroatoms. The Hall–Kier alpha value is -1.90. The summed E-state index contributed by atoms with van der Waals surface area (Å²) in [6.45, 7) is 6.58. The maximum Gasteiger partial charge on any atom is 0.420 e. The van der Waals surface area contributed by atoms with Gasteiger partial charge in [-0.3, -0.25) is 10.1 Å². The Bertz CT molecular complexity index is 587. The zero-order chi connectivity index (χ0) is 16.4. The fraction of sp³-hybridized carbons (Fsp3) is 0.500. The largest absolute Gasteiger partial charge is 0.461 e. The lowest BCUT2D eigenvalue weighted by Gasteiger charge is -2.20. The zero-order valence-corrected chi connectivity index (χ0v) is 13.6. The van der Waals surface area contributed by atoms with Crippen molar-refractivity contribution in [1.29, 1.82) is 0 Å². The lowest BCUT2D eigenvalue weighted by molar-refractivity contribution is -0.385. The van der Waals surface area contributed by atoms with Gasteiger partial charge in [0.25, 0.3) is 0 Å². The maximum absolute atomic E-state index is 12.1. The summed E-state index contributed by atoms with van der Waals surface area (Å²) >= 11 is 2.94.